The molecule has 1 N–H and O–H groups in total. The molecular weight excluding hydrogens is 239 g/mol. The number of nitrogens with one attached hydrogen (secondary N) is 1. The number of hydrogen-bond acceptors (Lipinski definition) is 2. The van der Waals surface area contributed by atoms with Crippen LogP contribution in [0.4, 0.5) is 10.1 Å². The molecule has 0 saturated carbocycles. The molecule has 1 aliphatic rings. The summed E-state index contributed by atoms with van der Waals surface area (Å²) in [6.45, 7) is 9.39. The molecule has 0 aliphatic carbocycles. The first-order valence-electron chi connectivity index (χ1n) is 7.37. The molecule has 1 aromatic carbocycles. The summed E-state index contributed by atoms with van der Waals surface area (Å²) in [5.74, 6) is 0.464. The minimum Gasteiger partial charge on any atom is -0.369 e. The van der Waals surface area contributed by atoms with Crippen LogP contribution in [0.2, 0.25) is 0 Å². The van der Waals surface area contributed by atoms with Gasteiger partial charge in [-0.25, -0.2) is 4.39 Å². The van der Waals surface area contributed by atoms with Gasteiger partial charge in [-0.15, -0.1) is 0 Å². The average molecular weight is 264 g/mol. The monoisotopic (exact) mass is 264 g/mol. The molecule has 2 rings (SSSR count). The Morgan fingerprint density at radius 1 is 1.42 bits per heavy atom. The smallest absolute Gasteiger partial charge is 0.146 e. The number of benzene rings is 1. The van der Waals surface area contributed by atoms with Crippen molar-refractivity contribution in [3.05, 3.63) is 29.6 Å². The van der Waals surface area contributed by atoms with Gasteiger partial charge in [-0.2, -0.15) is 0 Å². The Labute approximate surface area is 116 Å². The van der Waals surface area contributed by atoms with Gasteiger partial charge >= 0.3 is 0 Å². The van der Waals surface area contributed by atoms with Crippen molar-refractivity contribution in [3.63, 3.8) is 0 Å². The summed E-state index contributed by atoms with van der Waals surface area (Å²) >= 11 is 0. The summed E-state index contributed by atoms with van der Waals surface area (Å²) in [4.78, 5) is 2.21. The van der Waals surface area contributed by atoms with Gasteiger partial charge in [-0.1, -0.05) is 26.0 Å². The molecule has 0 bridgehead atoms. The SMILES string of the molecule is CCCNC1CCN(c2c(C)cccc2F)CC1C. The van der Waals surface area contributed by atoms with Gasteiger partial charge in [0, 0.05) is 19.1 Å². The highest BCUT2D eigenvalue weighted by atomic mass is 19.1. The molecule has 1 heterocycles. The number of anilines is 1. The fourth-order valence-corrected chi connectivity index (χ4v) is 3.01. The van der Waals surface area contributed by atoms with E-state index < -0.39 is 0 Å². The van der Waals surface area contributed by atoms with E-state index in [1.165, 1.54) is 6.42 Å². The van der Waals surface area contributed by atoms with Crippen LogP contribution in [0.25, 0.3) is 0 Å². The molecule has 1 aliphatic heterocycles. The van der Waals surface area contributed by atoms with E-state index in [-0.39, 0.29) is 5.82 Å². The van der Waals surface area contributed by atoms with Gasteiger partial charge in [-0.05, 0) is 43.9 Å². The average Bonchev–Trinajstić information content (AvgIpc) is 2.37. The first-order chi connectivity index (χ1) is 9.13. The summed E-state index contributed by atoms with van der Waals surface area (Å²) in [5, 5.41) is 3.60. The van der Waals surface area contributed by atoms with Gasteiger partial charge in [-0.3, -0.25) is 0 Å². The van der Waals surface area contributed by atoms with Crippen molar-refractivity contribution in [2.24, 2.45) is 5.92 Å². The number of piperidine rings is 1. The molecule has 19 heavy (non-hydrogen) atoms. The fourth-order valence-electron chi connectivity index (χ4n) is 3.01. The topological polar surface area (TPSA) is 15.3 Å². The van der Waals surface area contributed by atoms with Gasteiger partial charge in [0.1, 0.15) is 5.82 Å². The zero-order chi connectivity index (χ0) is 13.8. The van der Waals surface area contributed by atoms with Crippen molar-refractivity contribution in [1.29, 1.82) is 0 Å². The summed E-state index contributed by atoms with van der Waals surface area (Å²) in [5.41, 5.74) is 1.83. The van der Waals surface area contributed by atoms with Gasteiger partial charge in [0.2, 0.25) is 0 Å². The fraction of sp³-hybridized carbons (Fsp3) is 0.625. The van der Waals surface area contributed by atoms with Crippen LogP contribution in [0.5, 0.6) is 0 Å². The van der Waals surface area contributed by atoms with Crippen molar-refractivity contribution < 1.29 is 4.39 Å². The predicted octanol–water partition coefficient (Wildman–Crippen LogP) is 3.35. The third-order valence-corrected chi connectivity index (χ3v) is 4.07. The van der Waals surface area contributed by atoms with E-state index in [9.17, 15) is 4.39 Å². The van der Waals surface area contributed by atoms with Crippen LogP contribution in [-0.2, 0) is 0 Å². The van der Waals surface area contributed by atoms with E-state index in [2.05, 4.69) is 24.1 Å². The molecule has 0 aromatic heterocycles. The van der Waals surface area contributed by atoms with Crippen LogP contribution in [0.15, 0.2) is 18.2 Å². The maximum atomic E-state index is 14.0. The quantitative estimate of drug-likeness (QED) is 0.897. The highest BCUT2D eigenvalue weighted by molar-refractivity contribution is 5.54. The summed E-state index contributed by atoms with van der Waals surface area (Å²) in [6.07, 6.45) is 2.26. The first-order valence-corrected chi connectivity index (χ1v) is 7.37. The van der Waals surface area contributed by atoms with E-state index in [1.54, 1.807) is 12.1 Å². The third-order valence-electron chi connectivity index (χ3n) is 4.07. The van der Waals surface area contributed by atoms with E-state index in [4.69, 9.17) is 0 Å². The molecule has 0 spiro atoms. The standard InChI is InChI=1S/C16H25FN2/c1-4-9-18-15-8-10-19(11-13(15)3)16-12(2)6-5-7-14(16)17/h5-7,13,15,18H,4,8-11H2,1-3H3. The third kappa shape index (κ3) is 3.27. The lowest BCUT2D eigenvalue weighted by atomic mass is 9.93. The molecule has 2 unspecified atom stereocenters. The number of aryl methyl sites for hydroxylation is 1. The minimum absolute atomic E-state index is 0.0906. The zero-order valence-corrected chi connectivity index (χ0v) is 12.2. The zero-order valence-electron chi connectivity index (χ0n) is 12.2. The Balaban J connectivity index is 2.05. The van der Waals surface area contributed by atoms with E-state index >= 15 is 0 Å². The van der Waals surface area contributed by atoms with Crippen LogP contribution in [0.3, 0.4) is 0 Å². The number of halogens is 1. The largest absolute Gasteiger partial charge is 0.369 e. The molecule has 1 fully saturated rings. The Kier molecular flexibility index (Phi) is 4.81. The van der Waals surface area contributed by atoms with Crippen LogP contribution >= 0.6 is 0 Å². The van der Waals surface area contributed by atoms with Crippen molar-refractivity contribution in [2.45, 2.75) is 39.7 Å². The first kappa shape index (κ1) is 14.3. The second-order valence-corrected chi connectivity index (χ2v) is 5.68. The van der Waals surface area contributed by atoms with E-state index in [0.29, 0.717) is 12.0 Å². The second-order valence-electron chi connectivity index (χ2n) is 5.68. The number of nitrogens with zero attached hydrogens (tertiary/aromatic N) is 1. The van der Waals surface area contributed by atoms with Crippen LogP contribution in [-0.4, -0.2) is 25.7 Å². The maximum Gasteiger partial charge on any atom is 0.146 e. The molecule has 0 radical (unpaired) electrons. The van der Waals surface area contributed by atoms with Crippen molar-refractivity contribution in [3.8, 4) is 0 Å². The summed E-state index contributed by atoms with van der Waals surface area (Å²) in [7, 11) is 0. The molecular formula is C16H25FN2. The van der Waals surface area contributed by atoms with Crippen molar-refractivity contribution >= 4 is 5.69 Å². The predicted molar refractivity (Wildman–Crippen MR) is 79.2 cm³/mol. The van der Waals surface area contributed by atoms with Crippen LogP contribution < -0.4 is 10.2 Å². The van der Waals surface area contributed by atoms with Crippen molar-refractivity contribution in [1.82, 2.24) is 5.32 Å². The van der Waals surface area contributed by atoms with E-state index in [1.807, 2.05) is 13.0 Å². The lowest BCUT2D eigenvalue weighted by Crippen LogP contribution is -2.49. The summed E-state index contributed by atoms with van der Waals surface area (Å²) < 4.78 is 14.0. The van der Waals surface area contributed by atoms with E-state index in [0.717, 1.165) is 37.3 Å². The lowest BCUT2D eigenvalue weighted by molar-refractivity contribution is 0.321. The van der Waals surface area contributed by atoms with Gasteiger partial charge in [0.05, 0.1) is 5.69 Å². The van der Waals surface area contributed by atoms with Gasteiger partial charge < -0.3 is 10.2 Å². The molecule has 0 amide bonds. The lowest BCUT2D eigenvalue weighted by Gasteiger charge is -2.39. The van der Waals surface area contributed by atoms with Gasteiger partial charge in [0.25, 0.3) is 0 Å². The van der Waals surface area contributed by atoms with Crippen LogP contribution in [0.1, 0.15) is 32.3 Å². The Morgan fingerprint density at radius 3 is 2.84 bits per heavy atom. The highest BCUT2D eigenvalue weighted by Gasteiger charge is 2.27. The second kappa shape index (κ2) is 6.38. The minimum atomic E-state index is -0.0906. The molecule has 2 nitrogen and oxygen atoms in total. The Hall–Kier alpha value is -1.09. The number of rotatable bonds is 4. The highest BCUT2D eigenvalue weighted by Crippen LogP contribution is 2.28. The molecule has 106 valence electrons. The number of hydrogen-bond donors (Lipinski definition) is 1. The molecule has 2 atom stereocenters. The normalized spacial score (nSPS) is 23.7. The maximum absolute atomic E-state index is 14.0. The van der Waals surface area contributed by atoms with Crippen LogP contribution in [0, 0.1) is 18.7 Å². The summed E-state index contributed by atoms with van der Waals surface area (Å²) in [6, 6.07) is 5.91. The molecule has 3 heteroatoms. The molecule has 1 saturated heterocycles. The Bertz CT molecular complexity index is 399. The van der Waals surface area contributed by atoms with Crippen molar-refractivity contribution in [2.75, 3.05) is 24.5 Å². The Morgan fingerprint density at radius 2 is 2.21 bits per heavy atom. The molecule has 1 aromatic rings. The van der Waals surface area contributed by atoms with Gasteiger partial charge in [0.15, 0.2) is 0 Å². The number of para-hydroxylation sites is 1.